The lowest BCUT2D eigenvalue weighted by molar-refractivity contribution is 0.245. The lowest BCUT2D eigenvalue weighted by Gasteiger charge is -2.28. The fraction of sp³-hybridized carbons (Fsp3) is 0.211. The zero-order valence-electron chi connectivity index (χ0n) is 14.5. The average molecular weight is 364 g/mol. The van der Waals surface area contributed by atoms with Crippen molar-refractivity contribution in [1.82, 2.24) is 24.5 Å². The third kappa shape index (κ3) is 2.83. The Kier molecular flexibility index (Phi) is 3.64. The van der Waals surface area contributed by atoms with Gasteiger partial charge in [0.15, 0.2) is 11.4 Å². The maximum atomic E-state index is 13.6. The molecule has 4 heterocycles. The molecule has 1 aliphatic heterocycles. The lowest BCUT2D eigenvalue weighted by Crippen LogP contribution is -2.30. The Bertz CT molecular complexity index is 1120. The minimum atomic E-state index is -0.201. The molecule has 0 saturated heterocycles. The van der Waals surface area contributed by atoms with Gasteiger partial charge in [-0.2, -0.15) is 4.52 Å². The molecule has 4 aromatic rings. The Balaban J connectivity index is 1.48. The van der Waals surface area contributed by atoms with Gasteiger partial charge in [-0.1, -0.05) is 6.07 Å². The molecule has 8 heteroatoms. The van der Waals surface area contributed by atoms with Gasteiger partial charge in [0.1, 0.15) is 5.82 Å². The number of nitrogens with zero attached hydrogens (tertiary/aromatic N) is 5. The van der Waals surface area contributed by atoms with E-state index < -0.39 is 0 Å². The molecule has 0 amide bonds. The largest absolute Gasteiger partial charge is 0.461 e. The number of benzene rings is 1. The fourth-order valence-corrected chi connectivity index (χ4v) is 3.52. The van der Waals surface area contributed by atoms with Gasteiger partial charge in [-0.05, 0) is 41.8 Å². The Hall–Kier alpha value is -3.26. The summed E-state index contributed by atoms with van der Waals surface area (Å²) < 4.78 is 20.5. The summed E-state index contributed by atoms with van der Waals surface area (Å²) >= 11 is 0. The molecule has 1 aromatic carbocycles. The van der Waals surface area contributed by atoms with Gasteiger partial charge in [0.05, 0.1) is 6.26 Å². The summed E-state index contributed by atoms with van der Waals surface area (Å²) in [6.07, 6.45) is 4.19. The highest BCUT2D eigenvalue weighted by atomic mass is 19.1. The van der Waals surface area contributed by atoms with Crippen LogP contribution < -0.4 is 5.73 Å². The number of fused-ring (bicyclic) bond motifs is 2. The molecule has 136 valence electrons. The van der Waals surface area contributed by atoms with Gasteiger partial charge in [0.2, 0.25) is 11.8 Å². The van der Waals surface area contributed by atoms with Gasteiger partial charge >= 0.3 is 0 Å². The molecule has 0 saturated carbocycles. The first-order valence-corrected chi connectivity index (χ1v) is 8.71. The van der Waals surface area contributed by atoms with Crippen LogP contribution in [-0.4, -0.2) is 31.0 Å². The molecule has 5 rings (SSSR count). The quantitative estimate of drug-likeness (QED) is 0.602. The van der Waals surface area contributed by atoms with Gasteiger partial charge in [-0.3, -0.25) is 4.90 Å². The first-order chi connectivity index (χ1) is 13.2. The van der Waals surface area contributed by atoms with E-state index in [-0.39, 0.29) is 11.8 Å². The van der Waals surface area contributed by atoms with Crippen LogP contribution in [0.5, 0.6) is 0 Å². The highest BCUT2D eigenvalue weighted by molar-refractivity contribution is 5.57. The molecule has 3 aromatic heterocycles. The van der Waals surface area contributed by atoms with Crippen LogP contribution in [0.4, 0.5) is 10.3 Å². The van der Waals surface area contributed by atoms with Crippen molar-refractivity contribution in [2.75, 3.05) is 12.3 Å². The minimum absolute atomic E-state index is 0.201. The van der Waals surface area contributed by atoms with Crippen molar-refractivity contribution in [1.29, 1.82) is 0 Å². The van der Waals surface area contributed by atoms with Crippen LogP contribution in [0.2, 0.25) is 0 Å². The van der Waals surface area contributed by atoms with Crippen molar-refractivity contribution in [3.8, 4) is 11.6 Å². The van der Waals surface area contributed by atoms with Gasteiger partial charge in [0.25, 0.3) is 0 Å². The van der Waals surface area contributed by atoms with E-state index >= 15 is 0 Å². The number of nitrogens with two attached hydrogens (primary N) is 1. The van der Waals surface area contributed by atoms with Crippen LogP contribution in [0, 0.1) is 5.82 Å². The van der Waals surface area contributed by atoms with Crippen molar-refractivity contribution < 1.29 is 8.81 Å². The normalized spacial score (nSPS) is 14.6. The number of rotatable bonds is 3. The molecular weight excluding hydrogens is 347 g/mol. The van der Waals surface area contributed by atoms with Crippen molar-refractivity contribution in [3.63, 3.8) is 0 Å². The van der Waals surface area contributed by atoms with E-state index in [4.69, 9.17) is 10.2 Å². The third-order valence-electron chi connectivity index (χ3n) is 4.86. The predicted molar refractivity (Wildman–Crippen MR) is 97.1 cm³/mol. The molecule has 2 N–H and O–H groups in total. The minimum Gasteiger partial charge on any atom is -0.461 e. The van der Waals surface area contributed by atoms with Crippen LogP contribution >= 0.6 is 0 Å². The molecule has 0 atom stereocenters. The second-order valence-corrected chi connectivity index (χ2v) is 6.66. The van der Waals surface area contributed by atoms with E-state index in [1.165, 1.54) is 16.1 Å². The molecule has 1 aliphatic rings. The predicted octanol–water partition coefficient (Wildman–Crippen LogP) is 2.66. The van der Waals surface area contributed by atoms with Gasteiger partial charge in [0, 0.05) is 31.4 Å². The van der Waals surface area contributed by atoms with Gasteiger partial charge in [-0.25, -0.2) is 14.4 Å². The summed E-state index contributed by atoms with van der Waals surface area (Å²) in [5, 5.41) is 4.41. The third-order valence-corrected chi connectivity index (χ3v) is 4.86. The number of nitrogen functional groups attached to an aromatic ring is 1. The second-order valence-electron chi connectivity index (χ2n) is 6.66. The van der Waals surface area contributed by atoms with E-state index in [0.29, 0.717) is 30.3 Å². The summed E-state index contributed by atoms with van der Waals surface area (Å²) in [5.41, 5.74) is 9.76. The summed E-state index contributed by atoms with van der Waals surface area (Å²) in [4.78, 5) is 11.1. The SMILES string of the molecule is Nc1ncc(CN2CCc3ccc(F)cc3C2)c2nc(-c3ccco3)nn12. The van der Waals surface area contributed by atoms with Crippen molar-refractivity contribution >= 4 is 11.6 Å². The standard InChI is InChI=1S/C19H17FN6O/c20-15-4-3-12-5-6-25(10-13(12)8-15)11-14-9-22-19(21)26-18(14)23-17(24-26)16-2-1-7-27-16/h1-4,7-9H,5-6,10-11H2,(H2,21,22). The van der Waals surface area contributed by atoms with Crippen molar-refractivity contribution in [2.45, 2.75) is 19.5 Å². The summed E-state index contributed by atoms with van der Waals surface area (Å²) in [6, 6.07) is 8.60. The fourth-order valence-electron chi connectivity index (χ4n) is 3.52. The number of anilines is 1. The van der Waals surface area contributed by atoms with E-state index in [2.05, 4.69) is 20.0 Å². The lowest BCUT2D eigenvalue weighted by atomic mass is 9.99. The molecule has 0 aliphatic carbocycles. The smallest absolute Gasteiger partial charge is 0.223 e. The maximum absolute atomic E-state index is 13.6. The van der Waals surface area contributed by atoms with E-state index in [1.807, 2.05) is 6.07 Å². The first kappa shape index (κ1) is 16.0. The monoisotopic (exact) mass is 364 g/mol. The topological polar surface area (TPSA) is 85.5 Å². The Morgan fingerprint density at radius 2 is 2.15 bits per heavy atom. The molecular formula is C19H17FN6O. The first-order valence-electron chi connectivity index (χ1n) is 8.71. The van der Waals surface area contributed by atoms with Gasteiger partial charge in [-0.15, -0.1) is 5.10 Å². The highest BCUT2D eigenvalue weighted by Crippen LogP contribution is 2.24. The Labute approximate surface area is 154 Å². The van der Waals surface area contributed by atoms with E-state index in [1.54, 1.807) is 30.7 Å². The molecule has 0 bridgehead atoms. The molecule has 0 radical (unpaired) electrons. The van der Waals surface area contributed by atoms with E-state index in [9.17, 15) is 4.39 Å². The molecule has 7 nitrogen and oxygen atoms in total. The zero-order chi connectivity index (χ0) is 18.4. The molecule has 27 heavy (non-hydrogen) atoms. The molecule has 0 fully saturated rings. The number of aromatic nitrogens is 4. The number of halogens is 1. The summed E-state index contributed by atoms with van der Waals surface area (Å²) in [7, 11) is 0. The van der Waals surface area contributed by atoms with Crippen LogP contribution in [0.25, 0.3) is 17.2 Å². The van der Waals surface area contributed by atoms with Gasteiger partial charge < -0.3 is 10.2 Å². The van der Waals surface area contributed by atoms with Crippen molar-refractivity contribution in [2.24, 2.45) is 0 Å². The van der Waals surface area contributed by atoms with Crippen LogP contribution in [0.15, 0.2) is 47.2 Å². The average Bonchev–Trinajstić information content (AvgIpc) is 3.33. The Morgan fingerprint density at radius 1 is 1.22 bits per heavy atom. The van der Waals surface area contributed by atoms with Crippen LogP contribution in [0.1, 0.15) is 16.7 Å². The number of furan rings is 1. The zero-order valence-corrected chi connectivity index (χ0v) is 14.5. The number of hydrogen-bond donors (Lipinski definition) is 1. The van der Waals surface area contributed by atoms with Crippen LogP contribution in [0.3, 0.4) is 0 Å². The second kappa shape index (κ2) is 6.17. The maximum Gasteiger partial charge on any atom is 0.223 e. The highest BCUT2D eigenvalue weighted by Gasteiger charge is 2.20. The molecule has 0 spiro atoms. The van der Waals surface area contributed by atoms with Crippen molar-refractivity contribution in [3.05, 3.63) is 65.3 Å². The van der Waals surface area contributed by atoms with Crippen LogP contribution in [-0.2, 0) is 19.5 Å². The number of hydrogen-bond acceptors (Lipinski definition) is 6. The molecule has 0 unspecified atom stereocenters. The Morgan fingerprint density at radius 3 is 3.00 bits per heavy atom. The summed E-state index contributed by atoms with van der Waals surface area (Å²) in [5.74, 6) is 1.11. The van der Waals surface area contributed by atoms with E-state index in [0.717, 1.165) is 24.1 Å². The summed E-state index contributed by atoms with van der Waals surface area (Å²) in [6.45, 7) is 2.19.